The maximum Gasteiger partial charge on any atom is 0.472 e. The van der Waals surface area contributed by atoms with Gasteiger partial charge in [-0.3, -0.25) is 23.4 Å². The molecule has 0 spiro atoms. The number of unbranched alkanes of at least 4 members (excludes halogenated alkanes) is 19. The first kappa shape index (κ1) is 66.7. The second-order valence-corrected chi connectivity index (χ2v) is 19.5. The molecule has 70 heavy (non-hydrogen) atoms. The van der Waals surface area contributed by atoms with E-state index in [2.05, 4.69) is 93.7 Å². The Hall–Kier alpha value is -3.34. The number of hydrogen-bond donors (Lipinski definition) is 2. The zero-order valence-corrected chi connectivity index (χ0v) is 45.1. The van der Waals surface area contributed by atoms with Gasteiger partial charge in [0.05, 0.1) is 19.8 Å². The zero-order valence-electron chi connectivity index (χ0n) is 44.2. The van der Waals surface area contributed by atoms with Gasteiger partial charge < -0.3 is 24.2 Å². The van der Waals surface area contributed by atoms with Crippen molar-refractivity contribution < 1.29 is 52.2 Å². The molecule has 0 radical (unpaired) electrons. The van der Waals surface area contributed by atoms with Crippen LogP contribution in [0.2, 0.25) is 0 Å². The standard InChI is InChI=1S/C58H99O11P/c1-4-7-10-13-16-19-22-25-27-30-32-35-38-41-44-47-56(60)65-51-55(69-58(62)49-46-43-40-37-34-31-28-26-23-20-17-14-11-8-5-2)53-67-70(63,64)66-52-54(50-59)68-57(61)48-45-42-39-36-33-29-24-21-18-15-12-9-6-3/h9,12,16,18-19,21,25-29,33,39,42,54-55,59H,4-8,10-11,13-15,17,20,22-24,30-32,34-38,40-41,43-53H2,1-3H3,(H,63,64)/b12-9-,19-16-,21-18-,27-25-,28-26-,33-29-,42-39-. The number of esters is 3. The van der Waals surface area contributed by atoms with Gasteiger partial charge in [-0.15, -0.1) is 0 Å². The van der Waals surface area contributed by atoms with Crippen LogP contribution in [0, 0.1) is 0 Å². The number of carbonyl (C=O) groups is 3. The Morgan fingerprint density at radius 3 is 1.27 bits per heavy atom. The highest BCUT2D eigenvalue weighted by atomic mass is 31.2. The van der Waals surface area contributed by atoms with Gasteiger partial charge in [-0.2, -0.15) is 0 Å². The molecule has 0 aliphatic carbocycles. The number of ether oxygens (including phenoxy) is 3. The molecule has 0 fully saturated rings. The van der Waals surface area contributed by atoms with Crippen LogP contribution in [0.25, 0.3) is 0 Å². The molecule has 0 amide bonds. The minimum atomic E-state index is -4.77. The summed E-state index contributed by atoms with van der Waals surface area (Å²) in [6.07, 6.45) is 58.5. The second kappa shape index (κ2) is 52.0. The number of phosphoric acid groups is 1. The normalized spacial score (nSPS) is 14.1. The van der Waals surface area contributed by atoms with E-state index < -0.39 is 57.8 Å². The molecule has 0 bridgehead atoms. The van der Waals surface area contributed by atoms with Crippen molar-refractivity contribution >= 4 is 25.7 Å². The Labute approximate surface area is 426 Å². The van der Waals surface area contributed by atoms with E-state index >= 15 is 0 Å². The molecule has 0 saturated carbocycles. The van der Waals surface area contributed by atoms with Gasteiger partial charge in [-0.25, -0.2) is 4.57 Å². The number of aliphatic hydroxyl groups excluding tert-OH is 1. The lowest BCUT2D eigenvalue weighted by Gasteiger charge is -2.21. The maximum absolute atomic E-state index is 12.9. The van der Waals surface area contributed by atoms with Gasteiger partial charge in [0, 0.05) is 19.3 Å². The molecular formula is C58H99O11P. The monoisotopic (exact) mass is 1000 g/mol. The molecule has 11 nitrogen and oxygen atoms in total. The second-order valence-electron chi connectivity index (χ2n) is 18.0. The van der Waals surface area contributed by atoms with Gasteiger partial charge in [0.25, 0.3) is 0 Å². The first-order valence-electron chi connectivity index (χ1n) is 27.5. The van der Waals surface area contributed by atoms with Gasteiger partial charge in [-0.1, -0.05) is 189 Å². The lowest BCUT2D eigenvalue weighted by Crippen LogP contribution is -2.30. The van der Waals surface area contributed by atoms with Crippen LogP contribution in [0.4, 0.5) is 0 Å². The van der Waals surface area contributed by atoms with Gasteiger partial charge in [0.15, 0.2) is 6.10 Å². The third kappa shape index (κ3) is 49.6. The van der Waals surface area contributed by atoms with E-state index in [4.69, 9.17) is 23.3 Å². The van der Waals surface area contributed by atoms with E-state index in [1.807, 2.05) is 12.2 Å². The van der Waals surface area contributed by atoms with E-state index in [-0.39, 0.29) is 25.9 Å². The molecule has 0 saturated heterocycles. The smallest absolute Gasteiger partial charge is 0.462 e. The summed E-state index contributed by atoms with van der Waals surface area (Å²) >= 11 is 0. The average Bonchev–Trinajstić information content (AvgIpc) is 3.35. The van der Waals surface area contributed by atoms with Crippen LogP contribution in [0.3, 0.4) is 0 Å². The zero-order chi connectivity index (χ0) is 51.3. The highest BCUT2D eigenvalue weighted by Crippen LogP contribution is 2.43. The van der Waals surface area contributed by atoms with Crippen molar-refractivity contribution in [1.82, 2.24) is 0 Å². The predicted molar refractivity (Wildman–Crippen MR) is 288 cm³/mol. The van der Waals surface area contributed by atoms with Crippen molar-refractivity contribution in [3.8, 4) is 0 Å². The SMILES string of the molecule is CC/C=C\C/C=C\C/C=C\C/C=C\CCC(=O)OC(CO)COP(=O)(O)OCC(COC(=O)CCCCCCC/C=C\C/C=C\CCCCC)OC(=O)CCCCCCC/C=C\CCCCCCCC. The van der Waals surface area contributed by atoms with Crippen molar-refractivity contribution in [1.29, 1.82) is 0 Å². The van der Waals surface area contributed by atoms with Gasteiger partial charge in [0.1, 0.15) is 12.7 Å². The first-order chi connectivity index (χ1) is 34.2. The molecule has 2 N–H and O–H groups in total. The van der Waals surface area contributed by atoms with Crippen LogP contribution in [-0.4, -0.2) is 66.5 Å². The van der Waals surface area contributed by atoms with Crippen LogP contribution < -0.4 is 0 Å². The summed E-state index contributed by atoms with van der Waals surface area (Å²) in [4.78, 5) is 48.4. The molecule has 12 heteroatoms. The Bertz CT molecular complexity index is 1500. The Morgan fingerprint density at radius 2 is 0.771 bits per heavy atom. The third-order valence-corrected chi connectivity index (χ3v) is 12.2. The number of hydrogen-bond acceptors (Lipinski definition) is 10. The van der Waals surface area contributed by atoms with Crippen molar-refractivity contribution in [2.75, 3.05) is 26.4 Å². The number of allylic oxidation sites excluding steroid dienone is 14. The van der Waals surface area contributed by atoms with E-state index in [0.29, 0.717) is 19.3 Å². The van der Waals surface area contributed by atoms with Gasteiger partial charge >= 0.3 is 25.7 Å². The Morgan fingerprint density at radius 1 is 0.414 bits per heavy atom. The van der Waals surface area contributed by atoms with Crippen molar-refractivity contribution in [3.63, 3.8) is 0 Å². The van der Waals surface area contributed by atoms with Crippen LogP contribution in [0.1, 0.15) is 226 Å². The summed E-state index contributed by atoms with van der Waals surface area (Å²) in [7, 11) is -4.77. The fraction of sp³-hybridized carbons (Fsp3) is 0.707. The summed E-state index contributed by atoms with van der Waals surface area (Å²) in [6.45, 7) is 4.38. The van der Waals surface area contributed by atoms with Crippen molar-refractivity contribution in [2.24, 2.45) is 0 Å². The van der Waals surface area contributed by atoms with E-state index in [9.17, 15) is 28.9 Å². The van der Waals surface area contributed by atoms with Crippen LogP contribution in [0.5, 0.6) is 0 Å². The molecule has 0 aliphatic rings. The van der Waals surface area contributed by atoms with Crippen molar-refractivity contribution in [2.45, 2.75) is 238 Å². The number of phosphoric ester groups is 1. The van der Waals surface area contributed by atoms with Crippen LogP contribution in [0.15, 0.2) is 85.1 Å². The summed E-state index contributed by atoms with van der Waals surface area (Å²) in [5, 5.41) is 9.77. The third-order valence-electron chi connectivity index (χ3n) is 11.3. The van der Waals surface area contributed by atoms with Crippen LogP contribution in [-0.2, 0) is 42.2 Å². The number of carbonyl (C=O) groups excluding carboxylic acids is 3. The minimum absolute atomic E-state index is 0.0519. The number of rotatable bonds is 50. The largest absolute Gasteiger partial charge is 0.472 e. The molecule has 0 aromatic rings. The lowest BCUT2D eigenvalue weighted by atomic mass is 10.1. The maximum atomic E-state index is 12.9. The highest BCUT2D eigenvalue weighted by molar-refractivity contribution is 7.47. The number of aliphatic hydroxyl groups is 1. The quantitative estimate of drug-likeness (QED) is 0.0197. The molecule has 3 atom stereocenters. The first-order valence-corrected chi connectivity index (χ1v) is 29.0. The molecule has 0 aromatic carbocycles. The minimum Gasteiger partial charge on any atom is -0.462 e. The fourth-order valence-electron chi connectivity index (χ4n) is 7.10. The van der Waals surface area contributed by atoms with E-state index in [1.165, 1.54) is 57.8 Å². The molecule has 0 aliphatic heterocycles. The lowest BCUT2D eigenvalue weighted by molar-refractivity contribution is -0.161. The molecule has 0 aromatic heterocycles. The molecule has 3 unspecified atom stereocenters. The Balaban J connectivity index is 4.84. The fourth-order valence-corrected chi connectivity index (χ4v) is 7.88. The topological polar surface area (TPSA) is 155 Å². The van der Waals surface area contributed by atoms with Gasteiger partial charge in [0.2, 0.25) is 0 Å². The summed E-state index contributed by atoms with van der Waals surface area (Å²) < 4.78 is 39.3. The van der Waals surface area contributed by atoms with Gasteiger partial charge in [-0.05, 0) is 103 Å². The molecule has 402 valence electrons. The van der Waals surface area contributed by atoms with Crippen LogP contribution >= 0.6 is 7.82 Å². The summed E-state index contributed by atoms with van der Waals surface area (Å²) in [5.41, 5.74) is 0. The molecular weight excluding hydrogens is 904 g/mol. The summed E-state index contributed by atoms with van der Waals surface area (Å²) in [5.74, 6) is -1.58. The Kier molecular flexibility index (Phi) is 49.5. The predicted octanol–water partition coefficient (Wildman–Crippen LogP) is 15.9. The highest BCUT2D eigenvalue weighted by Gasteiger charge is 2.28. The molecule has 0 heterocycles. The molecule has 0 rings (SSSR count). The average molecular weight is 1000 g/mol. The van der Waals surface area contributed by atoms with E-state index in [1.54, 1.807) is 0 Å². The van der Waals surface area contributed by atoms with E-state index in [0.717, 1.165) is 109 Å². The van der Waals surface area contributed by atoms with Crippen molar-refractivity contribution in [3.05, 3.63) is 85.1 Å². The summed E-state index contributed by atoms with van der Waals surface area (Å²) in [6, 6.07) is 0.